The van der Waals surface area contributed by atoms with Crippen LogP contribution < -0.4 is 10.1 Å². The second kappa shape index (κ2) is 6.74. The Morgan fingerprint density at radius 1 is 1.45 bits per heavy atom. The first-order valence-corrected chi connectivity index (χ1v) is 7.36. The van der Waals surface area contributed by atoms with Gasteiger partial charge in [0.2, 0.25) is 11.8 Å². The Hall–Kier alpha value is -1.56. The van der Waals surface area contributed by atoms with Gasteiger partial charge in [-0.25, -0.2) is 0 Å². The highest BCUT2D eigenvalue weighted by Gasteiger charge is 2.30. The van der Waals surface area contributed by atoms with Crippen molar-refractivity contribution in [1.82, 2.24) is 10.2 Å². The van der Waals surface area contributed by atoms with Crippen molar-refractivity contribution in [2.45, 2.75) is 19.4 Å². The number of ether oxygens (including phenoxy) is 1. The Labute approximate surface area is 126 Å². The third-order valence-corrected chi connectivity index (χ3v) is 3.61. The van der Waals surface area contributed by atoms with Gasteiger partial charge in [-0.2, -0.15) is 0 Å². The second-order valence-electron chi connectivity index (χ2n) is 4.59. The maximum atomic E-state index is 12.0. The first kappa shape index (κ1) is 14.8. The number of benzene rings is 1. The summed E-state index contributed by atoms with van der Waals surface area (Å²) >= 11 is 3.37. The van der Waals surface area contributed by atoms with E-state index in [1.165, 1.54) is 0 Å². The first-order valence-electron chi connectivity index (χ1n) is 6.56. The van der Waals surface area contributed by atoms with Crippen LogP contribution in [0.3, 0.4) is 0 Å². The summed E-state index contributed by atoms with van der Waals surface area (Å²) in [5.41, 5.74) is 0. The molecule has 2 amide bonds. The fraction of sp³-hybridized carbons (Fsp3) is 0.429. The maximum absolute atomic E-state index is 12.0. The molecule has 1 aromatic carbocycles. The summed E-state index contributed by atoms with van der Waals surface area (Å²) in [5.74, 6) is 0.587. The zero-order valence-electron chi connectivity index (χ0n) is 11.3. The van der Waals surface area contributed by atoms with Crippen LogP contribution in [0, 0.1) is 0 Å². The molecule has 1 aliphatic heterocycles. The molecule has 0 aliphatic carbocycles. The zero-order chi connectivity index (χ0) is 14.5. The summed E-state index contributed by atoms with van der Waals surface area (Å²) in [5, 5.41) is 2.68. The van der Waals surface area contributed by atoms with Crippen LogP contribution in [0.4, 0.5) is 0 Å². The largest absolute Gasteiger partial charge is 0.492 e. The fourth-order valence-corrected chi connectivity index (χ4v) is 2.45. The average molecular weight is 341 g/mol. The summed E-state index contributed by atoms with van der Waals surface area (Å²) in [7, 11) is 0. The topological polar surface area (TPSA) is 58.6 Å². The zero-order valence-corrected chi connectivity index (χ0v) is 12.9. The summed E-state index contributed by atoms with van der Waals surface area (Å²) in [6, 6.07) is 7.11. The quantitative estimate of drug-likeness (QED) is 0.884. The van der Waals surface area contributed by atoms with E-state index in [-0.39, 0.29) is 18.4 Å². The summed E-state index contributed by atoms with van der Waals surface area (Å²) in [4.78, 5) is 25.1. The predicted octanol–water partition coefficient (Wildman–Crippen LogP) is 1.56. The van der Waals surface area contributed by atoms with Gasteiger partial charge in [-0.15, -0.1) is 0 Å². The highest BCUT2D eigenvalue weighted by atomic mass is 79.9. The second-order valence-corrected chi connectivity index (χ2v) is 5.51. The Balaban J connectivity index is 1.86. The Bertz CT molecular complexity index is 507. The van der Waals surface area contributed by atoms with Gasteiger partial charge in [0.05, 0.1) is 13.1 Å². The molecule has 1 aliphatic rings. The lowest BCUT2D eigenvalue weighted by Gasteiger charge is -2.31. The Morgan fingerprint density at radius 2 is 2.25 bits per heavy atom. The van der Waals surface area contributed by atoms with Crippen LogP contribution in [0.25, 0.3) is 0 Å². The van der Waals surface area contributed by atoms with Crippen LogP contribution in [-0.4, -0.2) is 42.5 Å². The van der Waals surface area contributed by atoms with Gasteiger partial charge < -0.3 is 15.0 Å². The molecule has 108 valence electrons. The van der Waals surface area contributed by atoms with E-state index in [4.69, 9.17) is 4.74 Å². The molecule has 1 aromatic rings. The van der Waals surface area contributed by atoms with Crippen LogP contribution in [0.1, 0.15) is 13.3 Å². The van der Waals surface area contributed by atoms with E-state index in [1.807, 2.05) is 31.2 Å². The van der Waals surface area contributed by atoms with Crippen LogP contribution >= 0.6 is 15.9 Å². The van der Waals surface area contributed by atoms with Crippen LogP contribution in [0.15, 0.2) is 28.7 Å². The number of halogens is 1. The molecular weight excluding hydrogens is 324 g/mol. The normalized spacial score (nSPS) is 18.9. The highest BCUT2D eigenvalue weighted by molar-refractivity contribution is 9.10. The van der Waals surface area contributed by atoms with E-state index < -0.39 is 6.04 Å². The van der Waals surface area contributed by atoms with Gasteiger partial charge >= 0.3 is 0 Å². The Kier molecular flexibility index (Phi) is 5.00. The van der Waals surface area contributed by atoms with E-state index >= 15 is 0 Å². The molecule has 5 nitrogen and oxygen atoms in total. The van der Waals surface area contributed by atoms with Crippen LogP contribution in [0.2, 0.25) is 0 Å². The lowest BCUT2D eigenvalue weighted by Crippen LogP contribution is -2.58. The van der Waals surface area contributed by atoms with Crippen molar-refractivity contribution in [3.05, 3.63) is 28.7 Å². The van der Waals surface area contributed by atoms with Gasteiger partial charge in [0.1, 0.15) is 18.4 Å². The number of hydrogen-bond acceptors (Lipinski definition) is 3. The number of carbonyl (C=O) groups excluding carboxylic acids is 2. The minimum atomic E-state index is -0.401. The molecule has 1 N–H and O–H groups in total. The molecule has 1 saturated heterocycles. The number of hydrogen-bond donors (Lipinski definition) is 1. The van der Waals surface area contributed by atoms with E-state index in [2.05, 4.69) is 21.2 Å². The van der Waals surface area contributed by atoms with Crippen molar-refractivity contribution in [3.8, 4) is 5.75 Å². The number of carbonyl (C=O) groups is 2. The number of rotatable bonds is 5. The van der Waals surface area contributed by atoms with Gasteiger partial charge in [0.25, 0.3) is 0 Å². The third kappa shape index (κ3) is 3.72. The fourth-order valence-electron chi connectivity index (χ4n) is 2.07. The molecule has 1 fully saturated rings. The lowest BCUT2D eigenvalue weighted by molar-refractivity contribution is -0.144. The molecule has 6 heteroatoms. The molecule has 1 atom stereocenters. The molecule has 1 unspecified atom stereocenters. The summed E-state index contributed by atoms with van der Waals surface area (Å²) in [6.07, 6.45) is 0.605. The van der Waals surface area contributed by atoms with Crippen LogP contribution in [-0.2, 0) is 9.59 Å². The highest BCUT2D eigenvalue weighted by Crippen LogP contribution is 2.17. The lowest BCUT2D eigenvalue weighted by atomic mass is 10.1. The van der Waals surface area contributed by atoms with Crippen molar-refractivity contribution in [2.75, 3.05) is 19.7 Å². The maximum Gasteiger partial charge on any atom is 0.245 e. The van der Waals surface area contributed by atoms with Crippen molar-refractivity contribution in [1.29, 1.82) is 0 Å². The molecule has 20 heavy (non-hydrogen) atoms. The average Bonchev–Trinajstić information content (AvgIpc) is 2.42. The molecule has 0 spiro atoms. The summed E-state index contributed by atoms with van der Waals surface area (Å²) < 4.78 is 6.53. The first-order chi connectivity index (χ1) is 9.60. The molecule has 2 rings (SSSR count). The molecule has 0 saturated carbocycles. The number of nitrogens with zero attached hydrogens (tertiary/aromatic N) is 1. The van der Waals surface area contributed by atoms with E-state index in [1.54, 1.807) is 4.90 Å². The number of piperazine rings is 1. The molecule has 1 heterocycles. The van der Waals surface area contributed by atoms with Gasteiger partial charge in [-0.1, -0.05) is 28.9 Å². The monoisotopic (exact) mass is 340 g/mol. The van der Waals surface area contributed by atoms with Crippen LogP contribution in [0.5, 0.6) is 5.75 Å². The molecule has 0 aromatic heterocycles. The molecular formula is C14H17BrN2O3. The third-order valence-electron chi connectivity index (χ3n) is 3.11. The van der Waals surface area contributed by atoms with Crippen molar-refractivity contribution >= 4 is 27.7 Å². The summed E-state index contributed by atoms with van der Waals surface area (Å²) in [6.45, 7) is 2.77. The van der Waals surface area contributed by atoms with Gasteiger partial charge in [-0.05, 0) is 24.6 Å². The minimum Gasteiger partial charge on any atom is -0.492 e. The Morgan fingerprint density at radius 3 is 2.95 bits per heavy atom. The van der Waals surface area contributed by atoms with Crippen molar-refractivity contribution in [2.24, 2.45) is 0 Å². The van der Waals surface area contributed by atoms with Gasteiger partial charge in [0, 0.05) is 4.47 Å². The van der Waals surface area contributed by atoms with E-state index in [0.29, 0.717) is 19.6 Å². The SMILES string of the molecule is CCC1NC(=O)CN(CCOc2cccc(Br)c2)C1=O. The number of nitrogens with one attached hydrogen (secondary N) is 1. The standard InChI is InChI=1S/C14H17BrN2O3/c1-2-12-14(19)17(9-13(18)16-12)6-7-20-11-5-3-4-10(15)8-11/h3-5,8,12H,2,6-7,9H2,1H3,(H,16,18). The molecule has 0 radical (unpaired) electrons. The van der Waals surface area contributed by atoms with E-state index in [0.717, 1.165) is 10.2 Å². The van der Waals surface area contributed by atoms with E-state index in [9.17, 15) is 9.59 Å². The predicted molar refractivity (Wildman–Crippen MR) is 78.4 cm³/mol. The van der Waals surface area contributed by atoms with Crippen molar-refractivity contribution < 1.29 is 14.3 Å². The van der Waals surface area contributed by atoms with Crippen molar-refractivity contribution in [3.63, 3.8) is 0 Å². The van der Waals surface area contributed by atoms with Gasteiger partial charge in [0.15, 0.2) is 0 Å². The molecule has 0 bridgehead atoms. The van der Waals surface area contributed by atoms with Gasteiger partial charge in [-0.3, -0.25) is 9.59 Å². The smallest absolute Gasteiger partial charge is 0.245 e. The number of amides is 2. The minimum absolute atomic E-state index is 0.0371.